The molecule has 0 aliphatic carbocycles. The molecular weight excluding hydrogens is 310 g/mol. The molecule has 4 heteroatoms. The van der Waals surface area contributed by atoms with Crippen LogP contribution in [0.5, 0.6) is 0 Å². The molecule has 0 unspecified atom stereocenters. The van der Waals surface area contributed by atoms with Gasteiger partial charge in [-0.15, -0.1) is 0 Å². The molecule has 0 spiro atoms. The molecule has 0 aliphatic rings. The van der Waals surface area contributed by atoms with Gasteiger partial charge >= 0.3 is 0 Å². The first-order chi connectivity index (χ1) is 11.9. The van der Waals surface area contributed by atoms with Crippen LogP contribution < -0.4 is 5.32 Å². The van der Waals surface area contributed by atoms with Gasteiger partial charge in [-0.3, -0.25) is 0 Å². The molecule has 1 N–H and O–H groups in total. The van der Waals surface area contributed by atoms with Crippen LogP contribution in [0.3, 0.4) is 0 Å². The molecule has 0 fully saturated rings. The van der Waals surface area contributed by atoms with Crippen molar-refractivity contribution in [3.8, 4) is 11.1 Å². The first-order valence-corrected chi connectivity index (χ1v) is 8.62. The van der Waals surface area contributed by atoms with Crippen molar-refractivity contribution in [3.05, 3.63) is 66.4 Å². The number of hydrogen-bond acceptors (Lipinski definition) is 4. The van der Waals surface area contributed by atoms with Gasteiger partial charge in [0.1, 0.15) is 5.76 Å². The number of anilines is 1. The molecule has 4 nitrogen and oxygen atoms in total. The van der Waals surface area contributed by atoms with Crippen molar-refractivity contribution in [2.75, 3.05) is 5.32 Å². The summed E-state index contributed by atoms with van der Waals surface area (Å²) in [6, 6.07) is 12.4. The lowest BCUT2D eigenvalue weighted by Gasteiger charge is -2.28. The Kier molecular flexibility index (Phi) is 4.88. The van der Waals surface area contributed by atoms with Gasteiger partial charge < -0.3 is 9.73 Å². The normalized spacial score (nSPS) is 12.8. The van der Waals surface area contributed by atoms with Gasteiger partial charge in [-0.2, -0.15) is 0 Å². The summed E-state index contributed by atoms with van der Waals surface area (Å²) in [4.78, 5) is 8.83. The summed E-state index contributed by atoms with van der Waals surface area (Å²) in [6.45, 7) is 9.66. The Labute approximate surface area is 149 Å². The second-order valence-corrected chi connectivity index (χ2v) is 7.44. The third-order valence-corrected chi connectivity index (χ3v) is 4.67. The number of nitrogens with zero attached hydrogens (tertiary/aromatic N) is 2. The molecule has 0 radical (unpaired) electrons. The van der Waals surface area contributed by atoms with Crippen molar-refractivity contribution in [1.82, 2.24) is 9.97 Å². The molecular formula is C21H25N3O. The molecule has 1 atom stereocenters. The molecule has 1 aromatic carbocycles. The minimum Gasteiger partial charge on any atom is -0.467 e. The zero-order chi connectivity index (χ0) is 17.9. The summed E-state index contributed by atoms with van der Waals surface area (Å²) in [5.74, 6) is 1.93. The van der Waals surface area contributed by atoms with Crippen molar-refractivity contribution in [3.63, 3.8) is 0 Å². The summed E-state index contributed by atoms with van der Waals surface area (Å²) >= 11 is 0. The SMILES string of the molecule is C[C@@H](c1cccc(-c2cnc(NCc3ccco3)nc2)c1)C(C)(C)C. The van der Waals surface area contributed by atoms with Crippen molar-refractivity contribution in [2.24, 2.45) is 5.41 Å². The quantitative estimate of drug-likeness (QED) is 0.669. The van der Waals surface area contributed by atoms with E-state index in [1.54, 1.807) is 6.26 Å². The van der Waals surface area contributed by atoms with Crippen LogP contribution in [-0.2, 0) is 6.54 Å². The van der Waals surface area contributed by atoms with Crippen LogP contribution in [0.15, 0.2) is 59.5 Å². The number of furan rings is 1. The van der Waals surface area contributed by atoms with Gasteiger partial charge in [-0.1, -0.05) is 52.0 Å². The first kappa shape index (κ1) is 17.2. The Balaban J connectivity index is 1.74. The summed E-state index contributed by atoms with van der Waals surface area (Å²) in [5.41, 5.74) is 3.73. The molecule has 0 saturated heterocycles. The van der Waals surface area contributed by atoms with Crippen molar-refractivity contribution in [1.29, 1.82) is 0 Å². The second-order valence-electron chi connectivity index (χ2n) is 7.44. The Bertz CT molecular complexity index is 802. The second kappa shape index (κ2) is 7.09. The summed E-state index contributed by atoms with van der Waals surface area (Å²) in [5, 5.41) is 3.16. The molecule has 0 bridgehead atoms. The fourth-order valence-corrected chi connectivity index (χ4v) is 2.64. The van der Waals surface area contributed by atoms with Gasteiger partial charge in [0.15, 0.2) is 0 Å². The molecule has 130 valence electrons. The average Bonchev–Trinajstić information content (AvgIpc) is 3.13. The molecule has 0 aliphatic heterocycles. The standard InChI is InChI=1S/C21H25N3O/c1-15(21(2,3)4)16-7-5-8-17(11-16)18-12-22-20(23-13-18)24-14-19-9-6-10-25-19/h5-13,15H,14H2,1-4H3,(H,22,23,24)/t15-/m0/s1. The van der Waals surface area contributed by atoms with Gasteiger partial charge in [-0.05, 0) is 34.6 Å². The van der Waals surface area contributed by atoms with Gasteiger partial charge in [0.2, 0.25) is 5.95 Å². The number of hydrogen-bond donors (Lipinski definition) is 1. The van der Waals surface area contributed by atoms with E-state index in [2.05, 4.69) is 67.2 Å². The lowest BCUT2D eigenvalue weighted by Crippen LogP contribution is -2.15. The van der Waals surface area contributed by atoms with Crippen molar-refractivity contribution >= 4 is 5.95 Å². The summed E-state index contributed by atoms with van der Waals surface area (Å²) < 4.78 is 5.29. The highest BCUT2D eigenvalue weighted by atomic mass is 16.3. The zero-order valence-electron chi connectivity index (χ0n) is 15.3. The largest absolute Gasteiger partial charge is 0.467 e. The molecule has 25 heavy (non-hydrogen) atoms. The van der Waals surface area contributed by atoms with E-state index in [1.807, 2.05) is 24.5 Å². The molecule has 0 amide bonds. The van der Waals surface area contributed by atoms with E-state index in [-0.39, 0.29) is 5.41 Å². The van der Waals surface area contributed by atoms with E-state index >= 15 is 0 Å². The van der Waals surface area contributed by atoms with Gasteiger partial charge in [0.05, 0.1) is 12.8 Å². The molecule has 3 aromatic rings. The van der Waals surface area contributed by atoms with Gasteiger partial charge in [-0.25, -0.2) is 9.97 Å². The number of nitrogens with one attached hydrogen (secondary N) is 1. The van der Waals surface area contributed by atoms with E-state index < -0.39 is 0 Å². The lowest BCUT2D eigenvalue weighted by molar-refractivity contribution is 0.339. The smallest absolute Gasteiger partial charge is 0.222 e. The Morgan fingerprint density at radius 1 is 1.04 bits per heavy atom. The predicted molar refractivity (Wildman–Crippen MR) is 101 cm³/mol. The summed E-state index contributed by atoms with van der Waals surface area (Å²) in [6.07, 6.45) is 5.38. The van der Waals surface area contributed by atoms with Crippen LogP contribution in [0.1, 0.15) is 44.9 Å². The summed E-state index contributed by atoms with van der Waals surface area (Å²) in [7, 11) is 0. The van der Waals surface area contributed by atoms with Crippen LogP contribution in [-0.4, -0.2) is 9.97 Å². The number of rotatable bonds is 5. The zero-order valence-corrected chi connectivity index (χ0v) is 15.3. The monoisotopic (exact) mass is 335 g/mol. The topological polar surface area (TPSA) is 51.0 Å². The highest BCUT2D eigenvalue weighted by Crippen LogP contribution is 2.35. The van der Waals surface area contributed by atoms with Crippen LogP contribution >= 0.6 is 0 Å². The first-order valence-electron chi connectivity index (χ1n) is 8.62. The van der Waals surface area contributed by atoms with Gasteiger partial charge in [0.25, 0.3) is 0 Å². The van der Waals surface area contributed by atoms with Crippen molar-refractivity contribution in [2.45, 2.75) is 40.2 Å². The number of benzene rings is 1. The maximum Gasteiger partial charge on any atom is 0.222 e. The Hall–Kier alpha value is -2.62. The van der Waals surface area contributed by atoms with Crippen LogP contribution in [0.2, 0.25) is 0 Å². The maximum absolute atomic E-state index is 5.29. The van der Waals surface area contributed by atoms with E-state index in [1.165, 1.54) is 5.56 Å². The van der Waals surface area contributed by atoms with Crippen LogP contribution in [0.4, 0.5) is 5.95 Å². The minimum atomic E-state index is 0.231. The van der Waals surface area contributed by atoms with Crippen LogP contribution in [0.25, 0.3) is 11.1 Å². The number of aromatic nitrogens is 2. The maximum atomic E-state index is 5.29. The molecule has 2 heterocycles. The van der Waals surface area contributed by atoms with E-state index in [0.29, 0.717) is 18.4 Å². The minimum absolute atomic E-state index is 0.231. The fraction of sp³-hybridized carbons (Fsp3) is 0.333. The highest BCUT2D eigenvalue weighted by Gasteiger charge is 2.21. The Morgan fingerprint density at radius 2 is 1.80 bits per heavy atom. The van der Waals surface area contributed by atoms with Gasteiger partial charge in [0, 0.05) is 18.0 Å². The third-order valence-electron chi connectivity index (χ3n) is 4.67. The van der Waals surface area contributed by atoms with E-state index in [9.17, 15) is 0 Å². The van der Waals surface area contributed by atoms with Crippen LogP contribution in [0, 0.1) is 5.41 Å². The van der Waals surface area contributed by atoms with E-state index in [0.717, 1.165) is 16.9 Å². The van der Waals surface area contributed by atoms with Crippen molar-refractivity contribution < 1.29 is 4.42 Å². The lowest BCUT2D eigenvalue weighted by atomic mass is 9.77. The molecule has 3 rings (SSSR count). The predicted octanol–water partition coefficient (Wildman–Crippen LogP) is 5.50. The molecule has 0 saturated carbocycles. The highest BCUT2D eigenvalue weighted by molar-refractivity contribution is 5.63. The van der Waals surface area contributed by atoms with E-state index in [4.69, 9.17) is 4.42 Å². The third kappa shape index (κ3) is 4.27. The Morgan fingerprint density at radius 3 is 2.44 bits per heavy atom. The molecule has 2 aromatic heterocycles. The average molecular weight is 335 g/mol. The fourth-order valence-electron chi connectivity index (χ4n) is 2.64.